The summed E-state index contributed by atoms with van der Waals surface area (Å²) in [5.74, 6) is 0.651. The lowest BCUT2D eigenvalue weighted by atomic mass is 10.1. The summed E-state index contributed by atoms with van der Waals surface area (Å²) in [6.45, 7) is 4.71. The molecule has 0 unspecified atom stereocenters. The molecule has 5 heteroatoms. The lowest BCUT2D eigenvalue weighted by Gasteiger charge is -2.11. The summed E-state index contributed by atoms with van der Waals surface area (Å²) in [5.41, 5.74) is 5.86. The van der Waals surface area contributed by atoms with Gasteiger partial charge in [0.05, 0.1) is 19.0 Å². The second kappa shape index (κ2) is 9.04. The number of pyridine rings is 1. The number of methoxy groups -OCH3 is 1. The second-order valence-electron chi connectivity index (χ2n) is 6.66. The molecule has 28 heavy (non-hydrogen) atoms. The number of aryl methyl sites for hydroxylation is 1. The molecule has 0 saturated carbocycles. The van der Waals surface area contributed by atoms with Crippen LogP contribution in [0.15, 0.2) is 60.8 Å². The fourth-order valence-electron chi connectivity index (χ4n) is 2.85. The first-order valence-corrected chi connectivity index (χ1v) is 9.27. The molecule has 2 N–H and O–H groups in total. The Morgan fingerprint density at radius 2 is 1.82 bits per heavy atom. The van der Waals surface area contributed by atoms with Crippen molar-refractivity contribution in [1.82, 2.24) is 10.3 Å². The van der Waals surface area contributed by atoms with E-state index >= 15 is 0 Å². The number of nitrogens with one attached hydrogen (secondary N) is 2. The van der Waals surface area contributed by atoms with Crippen molar-refractivity contribution in [2.24, 2.45) is 0 Å². The Bertz CT molecular complexity index is 935. The number of hydrogen-bond acceptors (Lipinski definition) is 4. The van der Waals surface area contributed by atoms with E-state index in [1.165, 1.54) is 11.1 Å². The first-order chi connectivity index (χ1) is 13.6. The number of benzene rings is 2. The molecule has 3 aromatic rings. The molecule has 0 atom stereocenters. The smallest absolute Gasteiger partial charge is 0.269 e. The van der Waals surface area contributed by atoms with Crippen LogP contribution in [0.1, 0.15) is 27.2 Å². The van der Waals surface area contributed by atoms with Gasteiger partial charge in [-0.3, -0.25) is 4.79 Å². The van der Waals surface area contributed by atoms with E-state index in [9.17, 15) is 4.79 Å². The molecule has 1 heterocycles. The highest BCUT2D eigenvalue weighted by molar-refractivity contribution is 5.92. The lowest BCUT2D eigenvalue weighted by Crippen LogP contribution is -2.26. The average Bonchev–Trinajstić information content (AvgIpc) is 2.72. The van der Waals surface area contributed by atoms with Crippen molar-refractivity contribution in [3.05, 3.63) is 83.2 Å². The van der Waals surface area contributed by atoms with Crippen LogP contribution in [-0.2, 0) is 6.42 Å². The Morgan fingerprint density at radius 3 is 2.50 bits per heavy atom. The largest absolute Gasteiger partial charge is 0.497 e. The molecule has 0 aliphatic carbocycles. The summed E-state index contributed by atoms with van der Waals surface area (Å²) >= 11 is 0. The Labute approximate surface area is 165 Å². The topological polar surface area (TPSA) is 63.2 Å². The minimum atomic E-state index is -0.174. The number of amides is 1. The van der Waals surface area contributed by atoms with Crippen molar-refractivity contribution in [3.8, 4) is 5.75 Å². The molecule has 144 valence electrons. The van der Waals surface area contributed by atoms with Crippen LogP contribution in [0, 0.1) is 13.8 Å². The minimum absolute atomic E-state index is 0.174. The van der Waals surface area contributed by atoms with Crippen LogP contribution in [0.5, 0.6) is 5.75 Å². The first-order valence-electron chi connectivity index (χ1n) is 9.27. The Hall–Kier alpha value is -3.34. The zero-order valence-corrected chi connectivity index (χ0v) is 16.5. The number of anilines is 2. The molecule has 5 nitrogen and oxygen atoms in total. The summed E-state index contributed by atoms with van der Waals surface area (Å²) in [4.78, 5) is 16.6. The molecule has 0 bridgehead atoms. The highest BCUT2D eigenvalue weighted by Crippen LogP contribution is 2.22. The fourth-order valence-corrected chi connectivity index (χ4v) is 2.85. The number of hydrogen-bond donors (Lipinski definition) is 2. The number of rotatable bonds is 7. The second-order valence-corrected chi connectivity index (χ2v) is 6.66. The van der Waals surface area contributed by atoms with Gasteiger partial charge in [-0.05, 0) is 67.3 Å². The molecular formula is C23H25N3O2. The summed E-state index contributed by atoms with van der Waals surface area (Å²) in [7, 11) is 1.64. The van der Waals surface area contributed by atoms with Crippen LogP contribution >= 0.6 is 0 Å². The normalized spacial score (nSPS) is 10.4. The highest BCUT2D eigenvalue weighted by Gasteiger charge is 2.07. The van der Waals surface area contributed by atoms with Crippen LogP contribution in [0.2, 0.25) is 0 Å². The zero-order chi connectivity index (χ0) is 19.9. The lowest BCUT2D eigenvalue weighted by molar-refractivity contribution is 0.0949. The zero-order valence-electron chi connectivity index (χ0n) is 16.5. The van der Waals surface area contributed by atoms with E-state index < -0.39 is 0 Å². The number of aromatic nitrogens is 1. The molecule has 1 amide bonds. The van der Waals surface area contributed by atoms with Gasteiger partial charge >= 0.3 is 0 Å². The summed E-state index contributed by atoms with van der Waals surface area (Å²) in [6.07, 6.45) is 2.43. The maximum atomic E-state index is 12.3. The van der Waals surface area contributed by atoms with Gasteiger partial charge in [0, 0.05) is 12.2 Å². The van der Waals surface area contributed by atoms with Crippen LogP contribution in [-0.4, -0.2) is 24.5 Å². The quantitative estimate of drug-likeness (QED) is 0.641. The van der Waals surface area contributed by atoms with Gasteiger partial charge in [-0.25, -0.2) is 4.98 Å². The van der Waals surface area contributed by atoms with Gasteiger partial charge in [0.2, 0.25) is 0 Å². The maximum absolute atomic E-state index is 12.3. The fraction of sp³-hybridized carbons (Fsp3) is 0.217. The minimum Gasteiger partial charge on any atom is -0.497 e. The maximum Gasteiger partial charge on any atom is 0.269 e. The molecule has 2 aromatic carbocycles. The molecule has 0 fully saturated rings. The van der Waals surface area contributed by atoms with Gasteiger partial charge < -0.3 is 15.4 Å². The van der Waals surface area contributed by atoms with E-state index in [1.54, 1.807) is 19.4 Å². The van der Waals surface area contributed by atoms with E-state index in [0.717, 1.165) is 29.1 Å². The molecule has 1 aromatic heterocycles. The van der Waals surface area contributed by atoms with E-state index in [1.807, 2.05) is 42.5 Å². The van der Waals surface area contributed by atoms with Crippen LogP contribution < -0.4 is 15.4 Å². The molecular weight excluding hydrogens is 350 g/mol. The third-order valence-electron chi connectivity index (χ3n) is 4.74. The molecule has 0 saturated heterocycles. The Morgan fingerprint density at radius 1 is 1.04 bits per heavy atom. The van der Waals surface area contributed by atoms with Crippen LogP contribution in [0.4, 0.5) is 11.4 Å². The summed E-state index contributed by atoms with van der Waals surface area (Å²) in [6, 6.07) is 17.6. The molecule has 0 aliphatic rings. The van der Waals surface area contributed by atoms with Gasteiger partial charge in [-0.1, -0.05) is 24.3 Å². The van der Waals surface area contributed by atoms with Crippen LogP contribution in [0.3, 0.4) is 0 Å². The molecule has 0 aliphatic heterocycles. The Balaban J connectivity index is 1.53. The van der Waals surface area contributed by atoms with Gasteiger partial charge in [0.25, 0.3) is 5.91 Å². The first kappa shape index (κ1) is 19.4. The van der Waals surface area contributed by atoms with Crippen molar-refractivity contribution >= 4 is 17.3 Å². The number of carbonyl (C=O) groups is 1. The third kappa shape index (κ3) is 4.88. The van der Waals surface area contributed by atoms with E-state index in [4.69, 9.17) is 4.74 Å². The van der Waals surface area contributed by atoms with Gasteiger partial charge in [-0.2, -0.15) is 0 Å². The predicted octanol–water partition coefficient (Wildman–Crippen LogP) is 4.42. The summed E-state index contributed by atoms with van der Waals surface area (Å²) < 4.78 is 5.15. The highest BCUT2D eigenvalue weighted by atomic mass is 16.5. The average molecular weight is 375 g/mol. The predicted molar refractivity (Wildman–Crippen MR) is 112 cm³/mol. The number of ether oxygens (including phenoxy) is 1. The van der Waals surface area contributed by atoms with Gasteiger partial charge in [-0.15, -0.1) is 0 Å². The molecule has 0 radical (unpaired) electrons. The number of nitrogens with zero attached hydrogens (tertiary/aromatic N) is 1. The van der Waals surface area contributed by atoms with E-state index in [-0.39, 0.29) is 5.91 Å². The van der Waals surface area contributed by atoms with Crippen molar-refractivity contribution in [2.45, 2.75) is 20.3 Å². The van der Waals surface area contributed by atoms with Crippen molar-refractivity contribution in [3.63, 3.8) is 0 Å². The molecule has 3 rings (SSSR count). The third-order valence-corrected chi connectivity index (χ3v) is 4.74. The number of carbonyl (C=O) groups excluding carboxylic acids is 1. The van der Waals surface area contributed by atoms with E-state index in [2.05, 4.69) is 35.5 Å². The monoisotopic (exact) mass is 375 g/mol. The van der Waals surface area contributed by atoms with Crippen molar-refractivity contribution < 1.29 is 9.53 Å². The SMILES string of the molecule is COc1ccc(CCNC(=O)c2ccc(Nc3cccc(C)c3C)cn2)cc1. The summed E-state index contributed by atoms with van der Waals surface area (Å²) in [5, 5.41) is 6.26. The Kier molecular flexibility index (Phi) is 6.27. The standard InChI is InChI=1S/C23H25N3O2/c1-16-5-4-6-21(17(16)2)26-19-9-12-22(25-15-19)23(27)24-14-13-18-7-10-20(28-3)11-8-18/h4-12,15,26H,13-14H2,1-3H3,(H,24,27). The molecule has 0 spiro atoms. The van der Waals surface area contributed by atoms with Crippen molar-refractivity contribution in [1.29, 1.82) is 0 Å². The van der Waals surface area contributed by atoms with Gasteiger partial charge in [0.15, 0.2) is 0 Å². The van der Waals surface area contributed by atoms with Crippen LogP contribution in [0.25, 0.3) is 0 Å². The van der Waals surface area contributed by atoms with Gasteiger partial charge in [0.1, 0.15) is 11.4 Å². The van der Waals surface area contributed by atoms with Crippen molar-refractivity contribution in [2.75, 3.05) is 19.0 Å². The van der Waals surface area contributed by atoms with E-state index in [0.29, 0.717) is 12.2 Å².